The molecule has 2 saturated heterocycles. The molecule has 6 atom stereocenters. The number of methoxy groups -OCH3 is 1. The lowest BCUT2D eigenvalue weighted by Gasteiger charge is -2.46. The first-order valence-corrected chi connectivity index (χ1v) is 8.73. The van der Waals surface area contributed by atoms with Crippen LogP contribution in [0.5, 0.6) is 5.75 Å². The summed E-state index contributed by atoms with van der Waals surface area (Å²) in [6.07, 6.45) is -3.56. The molecule has 2 aliphatic rings. The second-order valence-corrected chi connectivity index (χ2v) is 6.89. The molecule has 0 aromatic heterocycles. The normalized spacial score (nSPS) is 37.2. The average Bonchev–Trinajstić information content (AvgIpc) is 2.59. The smallest absolute Gasteiger partial charge is 0.184 e. The predicted octanol–water partition coefficient (Wildman–Crippen LogP) is 1.31. The Morgan fingerprint density at radius 3 is 2.57 bits per heavy atom. The second kappa shape index (κ2) is 7.38. The number of hydrogen-bond acceptors (Lipinski definition) is 7. The lowest BCUT2D eigenvalue weighted by Crippen LogP contribution is -2.60. The van der Waals surface area contributed by atoms with E-state index in [1.165, 1.54) is 11.8 Å². The number of hydrogen-bond donors (Lipinski definition) is 2. The molecule has 7 heteroatoms. The van der Waals surface area contributed by atoms with Gasteiger partial charge in [0.15, 0.2) is 6.29 Å². The first kappa shape index (κ1) is 17.0. The summed E-state index contributed by atoms with van der Waals surface area (Å²) >= 11 is 1.46. The van der Waals surface area contributed by atoms with Gasteiger partial charge in [-0.1, -0.05) is 19.1 Å². The van der Waals surface area contributed by atoms with Crippen molar-refractivity contribution < 1.29 is 29.2 Å². The molecule has 1 aromatic carbocycles. The van der Waals surface area contributed by atoms with E-state index in [4.69, 9.17) is 18.9 Å². The summed E-state index contributed by atoms with van der Waals surface area (Å²) in [6, 6.07) is 7.35. The summed E-state index contributed by atoms with van der Waals surface area (Å²) in [5, 5.41) is 20.6. The fraction of sp³-hybridized carbons (Fsp3) is 0.625. The Balaban J connectivity index is 1.69. The van der Waals surface area contributed by atoms with Gasteiger partial charge in [0.1, 0.15) is 35.6 Å². The van der Waals surface area contributed by atoms with Crippen LogP contribution in [0.1, 0.15) is 18.8 Å². The van der Waals surface area contributed by atoms with Gasteiger partial charge in [0.2, 0.25) is 0 Å². The van der Waals surface area contributed by atoms with Crippen molar-refractivity contribution in [2.75, 3.05) is 19.5 Å². The molecule has 0 spiro atoms. The van der Waals surface area contributed by atoms with Crippen molar-refractivity contribution in [3.63, 3.8) is 0 Å². The van der Waals surface area contributed by atoms with Crippen LogP contribution < -0.4 is 4.74 Å². The lowest BCUT2D eigenvalue weighted by molar-refractivity contribution is -0.318. The van der Waals surface area contributed by atoms with E-state index in [1.807, 2.05) is 31.2 Å². The van der Waals surface area contributed by atoms with E-state index in [2.05, 4.69) is 0 Å². The number of thioether (sulfide) groups is 1. The molecule has 0 amide bonds. The van der Waals surface area contributed by atoms with E-state index in [9.17, 15) is 10.2 Å². The summed E-state index contributed by atoms with van der Waals surface area (Å²) in [5.74, 6) is 1.54. The van der Waals surface area contributed by atoms with Crippen LogP contribution in [-0.2, 0) is 14.2 Å². The average molecular weight is 342 g/mol. The van der Waals surface area contributed by atoms with Crippen LogP contribution in [0.3, 0.4) is 0 Å². The molecular weight excluding hydrogens is 320 g/mol. The molecule has 6 nitrogen and oxygen atoms in total. The highest BCUT2D eigenvalue weighted by molar-refractivity contribution is 7.99. The summed E-state index contributed by atoms with van der Waals surface area (Å²) in [4.78, 5) is 0. The Morgan fingerprint density at radius 1 is 1.17 bits per heavy atom. The number of ether oxygens (including phenoxy) is 4. The third-order valence-electron chi connectivity index (χ3n) is 4.05. The standard InChI is InChI=1S/C16H22O6S/c1-3-23-16-13(18)12(17)14-11(21-16)8-20-15(22-14)9-4-6-10(19-2)7-5-9/h4-7,11-18H,3,8H2,1-2H3/t11-,12-,13-,14-,15?,16-/m1/s1. The van der Waals surface area contributed by atoms with Crippen molar-refractivity contribution in [1.82, 2.24) is 0 Å². The number of fused-ring (bicyclic) bond motifs is 1. The summed E-state index contributed by atoms with van der Waals surface area (Å²) in [7, 11) is 1.61. The third-order valence-corrected chi connectivity index (χ3v) is 5.10. The molecule has 0 bridgehead atoms. The van der Waals surface area contributed by atoms with E-state index < -0.39 is 30.0 Å². The van der Waals surface area contributed by atoms with Crippen molar-refractivity contribution in [3.8, 4) is 5.75 Å². The highest BCUT2D eigenvalue weighted by Gasteiger charge is 2.48. The van der Waals surface area contributed by atoms with Crippen LogP contribution in [0, 0.1) is 0 Å². The molecule has 0 radical (unpaired) electrons. The zero-order chi connectivity index (χ0) is 16.4. The third kappa shape index (κ3) is 3.50. The van der Waals surface area contributed by atoms with Gasteiger partial charge in [-0.25, -0.2) is 0 Å². The summed E-state index contributed by atoms with van der Waals surface area (Å²) in [5.41, 5.74) is 0.372. The van der Waals surface area contributed by atoms with Gasteiger partial charge in [0.25, 0.3) is 0 Å². The van der Waals surface area contributed by atoms with E-state index >= 15 is 0 Å². The molecular formula is C16H22O6S. The van der Waals surface area contributed by atoms with Gasteiger partial charge in [0, 0.05) is 5.56 Å². The van der Waals surface area contributed by atoms with E-state index in [-0.39, 0.29) is 6.10 Å². The van der Waals surface area contributed by atoms with Crippen LogP contribution in [0.25, 0.3) is 0 Å². The van der Waals surface area contributed by atoms with Crippen LogP contribution in [0.4, 0.5) is 0 Å². The number of rotatable bonds is 4. The molecule has 2 aliphatic heterocycles. The van der Waals surface area contributed by atoms with Crippen molar-refractivity contribution in [2.45, 2.75) is 43.1 Å². The van der Waals surface area contributed by atoms with Gasteiger partial charge >= 0.3 is 0 Å². The summed E-state index contributed by atoms with van der Waals surface area (Å²) < 4.78 is 22.5. The van der Waals surface area contributed by atoms with Crippen LogP contribution in [-0.4, -0.2) is 59.5 Å². The lowest BCUT2D eigenvalue weighted by atomic mass is 9.99. The van der Waals surface area contributed by atoms with Crippen molar-refractivity contribution in [2.24, 2.45) is 0 Å². The fourth-order valence-electron chi connectivity index (χ4n) is 2.81. The maximum absolute atomic E-state index is 10.4. The second-order valence-electron chi connectivity index (χ2n) is 5.52. The Hall–Kier alpha value is -0.830. The minimum Gasteiger partial charge on any atom is -0.497 e. The molecule has 3 rings (SSSR count). The van der Waals surface area contributed by atoms with E-state index in [0.29, 0.717) is 6.61 Å². The van der Waals surface area contributed by atoms with Gasteiger partial charge in [-0.05, 0) is 17.9 Å². The zero-order valence-corrected chi connectivity index (χ0v) is 13.9. The monoisotopic (exact) mass is 342 g/mol. The Kier molecular flexibility index (Phi) is 5.45. The largest absolute Gasteiger partial charge is 0.497 e. The molecule has 23 heavy (non-hydrogen) atoms. The topological polar surface area (TPSA) is 77.4 Å². The maximum Gasteiger partial charge on any atom is 0.184 e. The Labute approximate surface area is 139 Å². The van der Waals surface area contributed by atoms with Gasteiger partial charge < -0.3 is 29.2 Å². The highest BCUT2D eigenvalue weighted by atomic mass is 32.2. The molecule has 1 aromatic rings. The minimum absolute atomic E-state index is 0.311. The van der Waals surface area contributed by atoms with E-state index in [0.717, 1.165) is 17.1 Å². The van der Waals surface area contributed by atoms with Crippen molar-refractivity contribution in [3.05, 3.63) is 29.8 Å². The fourth-order valence-corrected chi connectivity index (χ4v) is 3.72. The van der Waals surface area contributed by atoms with E-state index in [1.54, 1.807) is 7.11 Å². The quantitative estimate of drug-likeness (QED) is 0.854. The number of benzene rings is 1. The highest BCUT2D eigenvalue weighted by Crippen LogP contribution is 2.36. The molecule has 2 N–H and O–H groups in total. The molecule has 128 valence electrons. The van der Waals surface area contributed by atoms with Gasteiger partial charge in [-0.3, -0.25) is 0 Å². The van der Waals surface area contributed by atoms with Gasteiger partial charge in [-0.2, -0.15) is 0 Å². The molecule has 2 heterocycles. The van der Waals surface area contributed by atoms with Crippen molar-refractivity contribution in [1.29, 1.82) is 0 Å². The number of aliphatic hydroxyl groups excluding tert-OH is 2. The SMILES string of the molecule is CCS[C@H]1O[C@@H]2COC(c3ccc(OC)cc3)O[C@H]2[C@H](O)[C@H]1O. The predicted molar refractivity (Wildman–Crippen MR) is 85.4 cm³/mol. The zero-order valence-electron chi connectivity index (χ0n) is 13.1. The molecule has 2 fully saturated rings. The molecule has 0 aliphatic carbocycles. The maximum atomic E-state index is 10.4. The Morgan fingerprint density at radius 2 is 1.91 bits per heavy atom. The molecule has 1 unspecified atom stereocenters. The van der Waals surface area contributed by atoms with Gasteiger partial charge in [-0.15, -0.1) is 11.8 Å². The first-order chi connectivity index (χ1) is 11.1. The Bertz CT molecular complexity index is 508. The van der Waals surface area contributed by atoms with Gasteiger partial charge in [0.05, 0.1) is 13.7 Å². The minimum atomic E-state index is -0.998. The van der Waals surface area contributed by atoms with Crippen LogP contribution in [0.15, 0.2) is 24.3 Å². The summed E-state index contributed by atoms with van der Waals surface area (Å²) in [6.45, 7) is 2.29. The molecule has 0 saturated carbocycles. The number of aliphatic hydroxyl groups is 2. The van der Waals surface area contributed by atoms with Crippen LogP contribution in [0.2, 0.25) is 0 Å². The van der Waals surface area contributed by atoms with Crippen LogP contribution >= 0.6 is 11.8 Å². The van der Waals surface area contributed by atoms with Crippen molar-refractivity contribution >= 4 is 11.8 Å². The first-order valence-electron chi connectivity index (χ1n) is 7.68.